The van der Waals surface area contributed by atoms with Crippen molar-refractivity contribution >= 4 is 11.7 Å². The number of anilines is 1. The molecular weight excluding hydrogens is 299 g/mol. The van der Waals surface area contributed by atoms with Crippen molar-refractivity contribution in [2.45, 2.75) is 32.3 Å². The summed E-state index contributed by atoms with van der Waals surface area (Å²) in [7, 11) is 0. The molecule has 1 saturated heterocycles. The molecule has 22 heavy (non-hydrogen) atoms. The van der Waals surface area contributed by atoms with E-state index in [9.17, 15) is 18.0 Å². The fourth-order valence-corrected chi connectivity index (χ4v) is 2.24. The van der Waals surface area contributed by atoms with E-state index >= 15 is 0 Å². The van der Waals surface area contributed by atoms with Crippen LogP contribution >= 0.6 is 0 Å². The number of carbonyl (C=O) groups is 1. The Labute approximate surface area is 126 Å². The lowest BCUT2D eigenvalue weighted by Gasteiger charge is -2.37. The van der Waals surface area contributed by atoms with Gasteiger partial charge in [-0.2, -0.15) is 0 Å². The summed E-state index contributed by atoms with van der Waals surface area (Å²) in [6, 6.07) is 5.03. The number of benzene rings is 1. The van der Waals surface area contributed by atoms with E-state index in [1.54, 1.807) is 4.90 Å². The molecule has 0 aliphatic carbocycles. The van der Waals surface area contributed by atoms with Crippen LogP contribution in [0.1, 0.15) is 13.8 Å². The largest absolute Gasteiger partial charge is 0.573 e. The number of ether oxygens (including phenoxy) is 1. The Morgan fingerprint density at radius 2 is 1.95 bits per heavy atom. The van der Waals surface area contributed by atoms with E-state index in [0.717, 1.165) is 12.1 Å². The molecule has 0 bridgehead atoms. The normalized spacial score (nSPS) is 22.3. The van der Waals surface area contributed by atoms with Gasteiger partial charge in [0.25, 0.3) is 0 Å². The van der Waals surface area contributed by atoms with Crippen LogP contribution in [0.4, 0.5) is 23.7 Å². The molecule has 0 spiro atoms. The van der Waals surface area contributed by atoms with Gasteiger partial charge in [0.1, 0.15) is 5.75 Å². The highest BCUT2D eigenvalue weighted by atomic mass is 19.4. The minimum absolute atomic E-state index is 0.0454. The van der Waals surface area contributed by atoms with E-state index in [1.807, 2.05) is 13.8 Å². The summed E-state index contributed by atoms with van der Waals surface area (Å²) in [4.78, 5) is 13.9. The van der Waals surface area contributed by atoms with E-state index in [-0.39, 0.29) is 23.9 Å². The second kappa shape index (κ2) is 6.43. The molecule has 2 unspecified atom stereocenters. The number of hydrogen-bond acceptors (Lipinski definition) is 3. The molecule has 2 amide bonds. The molecule has 1 aromatic carbocycles. The first-order chi connectivity index (χ1) is 10.2. The first-order valence-electron chi connectivity index (χ1n) is 6.91. The summed E-state index contributed by atoms with van der Waals surface area (Å²) in [5, 5.41) is 5.94. The summed E-state index contributed by atoms with van der Waals surface area (Å²) < 4.78 is 40.0. The van der Waals surface area contributed by atoms with Crippen LogP contribution in [-0.4, -0.2) is 42.5 Å². The molecule has 1 aromatic rings. The van der Waals surface area contributed by atoms with Crippen LogP contribution in [0.25, 0.3) is 0 Å². The number of urea groups is 1. The molecule has 0 radical (unpaired) electrons. The van der Waals surface area contributed by atoms with Crippen LogP contribution in [0, 0.1) is 0 Å². The minimum Gasteiger partial charge on any atom is -0.406 e. The van der Waals surface area contributed by atoms with Crippen LogP contribution in [-0.2, 0) is 0 Å². The molecule has 1 aliphatic rings. The van der Waals surface area contributed by atoms with Crippen LogP contribution in [0.5, 0.6) is 5.75 Å². The average Bonchev–Trinajstić information content (AvgIpc) is 2.42. The molecule has 0 aromatic heterocycles. The van der Waals surface area contributed by atoms with Gasteiger partial charge in [0, 0.05) is 30.9 Å². The van der Waals surface area contributed by atoms with Gasteiger partial charge in [0.15, 0.2) is 0 Å². The topological polar surface area (TPSA) is 53.6 Å². The highest BCUT2D eigenvalue weighted by molar-refractivity contribution is 5.89. The van der Waals surface area contributed by atoms with Crippen molar-refractivity contribution in [3.8, 4) is 5.75 Å². The van der Waals surface area contributed by atoms with Crippen LogP contribution in [0.2, 0.25) is 0 Å². The number of carbonyl (C=O) groups excluding carboxylic acids is 1. The van der Waals surface area contributed by atoms with Crippen molar-refractivity contribution in [2.24, 2.45) is 0 Å². The molecule has 1 heterocycles. The number of piperazine rings is 1. The van der Waals surface area contributed by atoms with E-state index in [4.69, 9.17) is 0 Å². The molecule has 5 nitrogen and oxygen atoms in total. The van der Waals surface area contributed by atoms with Gasteiger partial charge in [-0.05, 0) is 38.1 Å². The predicted molar refractivity (Wildman–Crippen MR) is 75.8 cm³/mol. The maximum Gasteiger partial charge on any atom is 0.573 e. The predicted octanol–water partition coefficient (Wildman–Crippen LogP) is 2.80. The third-order valence-corrected chi connectivity index (χ3v) is 3.36. The Kier molecular flexibility index (Phi) is 4.80. The van der Waals surface area contributed by atoms with Gasteiger partial charge in [-0.25, -0.2) is 4.79 Å². The standard InChI is InChI=1S/C14H18F3N3O2/c1-9-8-20(10(2)7-18-9)13(21)19-11-3-5-12(6-4-11)22-14(15,16)17/h3-6,9-10,18H,7-8H2,1-2H3,(H,19,21). The highest BCUT2D eigenvalue weighted by Gasteiger charge is 2.31. The van der Waals surface area contributed by atoms with Gasteiger partial charge in [-0.3, -0.25) is 0 Å². The van der Waals surface area contributed by atoms with Crippen molar-refractivity contribution in [1.29, 1.82) is 0 Å². The lowest BCUT2D eigenvalue weighted by molar-refractivity contribution is -0.274. The summed E-state index contributed by atoms with van der Waals surface area (Å²) in [5.41, 5.74) is 0.415. The van der Waals surface area contributed by atoms with Gasteiger partial charge in [-0.1, -0.05) is 0 Å². The van der Waals surface area contributed by atoms with Crippen LogP contribution in [0.15, 0.2) is 24.3 Å². The molecular formula is C14H18F3N3O2. The molecule has 2 atom stereocenters. The van der Waals surface area contributed by atoms with Crippen LogP contribution in [0.3, 0.4) is 0 Å². The molecule has 2 rings (SSSR count). The van der Waals surface area contributed by atoms with E-state index in [1.165, 1.54) is 12.1 Å². The Hall–Kier alpha value is -1.96. The van der Waals surface area contributed by atoms with Crippen molar-refractivity contribution in [1.82, 2.24) is 10.2 Å². The maximum absolute atomic E-state index is 12.2. The quantitative estimate of drug-likeness (QED) is 0.882. The fraction of sp³-hybridized carbons (Fsp3) is 0.500. The maximum atomic E-state index is 12.2. The highest BCUT2D eigenvalue weighted by Crippen LogP contribution is 2.24. The molecule has 1 fully saturated rings. The summed E-state index contributed by atoms with van der Waals surface area (Å²) >= 11 is 0. The third kappa shape index (κ3) is 4.52. The van der Waals surface area contributed by atoms with Gasteiger partial charge in [0.2, 0.25) is 0 Å². The lowest BCUT2D eigenvalue weighted by atomic mass is 10.1. The molecule has 122 valence electrons. The number of amides is 2. The molecule has 0 saturated carbocycles. The molecule has 8 heteroatoms. The minimum atomic E-state index is -4.73. The monoisotopic (exact) mass is 317 g/mol. The zero-order valence-corrected chi connectivity index (χ0v) is 12.3. The fourth-order valence-electron chi connectivity index (χ4n) is 2.24. The first kappa shape index (κ1) is 16.4. The Bertz CT molecular complexity index is 519. The third-order valence-electron chi connectivity index (χ3n) is 3.36. The van der Waals surface area contributed by atoms with Crippen molar-refractivity contribution in [2.75, 3.05) is 18.4 Å². The summed E-state index contributed by atoms with van der Waals surface area (Å²) in [6.45, 7) is 5.18. The lowest BCUT2D eigenvalue weighted by Crippen LogP contribution is -2.57. The van der Waals surface area contributed by atoms with Crippen molar-refractivity contribution < 1.29 is 22.7 Å². The van der Waals surface area contributed by atoms with Crippen LogP contribution < -0.4 is 15.4 Å². The number of nitrogens with zero attached hydrogens (tertiary/aromatic N) is 1. The van der Waals surface area contributed by atoms with Crippen molar-refractivity contribution in [3.63, 3.8) is 0 Å². The first-order valence-corrected chi connectivity index (χ1v) is 6.91. The SMILES string of the molecule is CC1CN(C(=O)Nc2ccc(OC(F)(F)F)cc2)C(C)CN1. The zero-order chi connectivity index (χ0) is 16.3. The van der Waals surface area contributed by atoms with E-state index < -0.39 is 6.36 Å². The van der Waals surface area contributed by atoms with Gasteiger partial charge < -0.3 is 20.3 Å². The van der Waals surface area contributed by atoms with Gasteiger partial charge >= 0.3 is 12.4 Å². The Morgan fingerprint density at radius 1 is 1.32 bits per heavy atom. The van der Waals surface area contributed by atoms with E-state index in [2.05, 4.69) is 15.4 Å². The Morgan fingerprint density at radius 3 is 2.55 bits per heavy atom. The number of rotatable bonds is 2. The Balaban J connectivity index is 1.96. The number of hydrogen-bond donors (Lipinski definition) is 2. The second-order valence-electron chi connectivity index (χ2n) is 5.31. The zero-order valence-electron chi connectivity index (χ0n) is 12.3. The van der Waals surface area contributed by atoms with Crippen molar-refractivity contribution in [3.05, 3.63) is 24.3 Å². The molecule has 2 N–H and O–H groups in total. The van der Waals surface area contributed by atoms with Gasteiger partial charge in [0.05, 0.1) is 0 Å². The number of alkyl halides is 3. The number of nitrogens with one attached hydrogen (secondary N) is 2. The average molecular weight is 317 g/mol. The molecule has 1 aliphatic heterocycles. The van der Waals surface area contributed by atoms with E-state index in [0.29, 0.717) is 18.8 Å². The number of halogens is 3. The second-order valence-corrected chi connectivity index (χ2v) is 5.31. The van der Waals surface area contributed by atoms with Gasteiger partial charge in [-0.15, -0.1) is 13.2 Å². The summed E-state index contributed by atoms with van der Waals surface area (Å²) in [6.07, 6.45) is -4.73. The smallest absolute Gasteiger partial charge is 0.406 e. The summed E-state index contributed by atoms with van der Waals surface area (Å²) in [5.74, 6) is -0.324.